The summed E-state index contributed by atoms with van der Waals surface area (Å²) in [5.41, 5.74) is 1.50. The number of nitrogens with zero attached hydrogens (tertiary/aromatic N) is 3. The van der Waals surface area contributed by atoms with E-state index in [2.05, 4.69) is 20.6 Å². The van der Waals surface area contributed by atoms with Gasteiger partial charge >= 0.3 is 6.03 Å². The van der Waals surface area contributed by atoms with Gasteiger partial charge in [0.15, 0.2) is 0 Å². The number of carbonyl (C=O) groups is 2. The maximum Gasteiger partial charge on any atom is 0.326 e. The van der Waals surface area contributed by atoms with Crippen molar-refractivity contribution in [2.75, 3.05) is 16.7 Å². The average Bonchev–Trinajstić information content (AvgIpc) is 2.76. The molecule has 0 bridgehead atoms. The van der Waals surface area contributed by atoms with Crippen LogP contribution in [0.2, 0.25) is 10.0 Å². The topological polar surface area (TPSA) is 121 Å². The maximum atomic E-state index is 13.1. The number of rotatable bonds is 5. The third kappa shape index (κ3) is 5.41. The van der Waals surface area contributed by atoms with E-state index in [1.165, 1.54) is 19.2 Å². The van der Waals surface area contributed by atoms with Crippen molar-refractivity contribution in [2.24, 2.45) is 0 Å². The van der Waals surface area contributed by atoms with E-state index in [4.69, 9.17) is 23.2 Å². The zero-order valence-electron chi connectivity index (χ0n) is 17.8. The first-order valence-corrected chi connectivity index (χ1v) is 11.7. The Hall–Kier alpha value is -3.21. The minimum absolute atomic E-state index is 0.0179. The molecule has 33 heavy (non-hydrogen) atoms. The van der Waals surface area contributed by atoms with Crippen LogP contribution in [0.25, 0.3) is 0 Å². The molecule has 0 radical (unpaired) electrons. The molecular formula is C21H19Cl2N5O4S. The number of nitrogens with one attached hydrogen (secondary N) is 2. The lowest BCUT2D eigenvalue weighted by Crippen LogP contribution is -2.34. The fourth-order valence-electron chi connectivity index (χ4n) is 2.85. The van der Waals surface area contributed by atoms with Crippen LogP contribution in [0.5, 0.6) is 0 Å². The number of anilines is 2. The normalized spacial score (nSPS) is 11.1. The zero-order valence-corrected chi connectivity index (χ0v) is 20.1. The van der Waals surface area contributed by atoms with Crippen molar-refractivity contribution < 1.29 is 18.0 Å². The fraction of sp³-hybridized carbons (Fsp3) is 0.143. The first kappa shape index (κ1) is 24.4. The van der Waals surface area contributed by atoms with E-state index in [1.54, 1.807) is 50.2 Å². The average molecular weight is 508 g/mol. The molecule has 0 aliphatic heterocycles. The Bertz CT molecular complexity index is 1310. The van der Waals surface area contributed by atoms with Crippen molar-refractivity contribution in [1.29, 1.82) is 0 Å². The highest BCUT2D eigenvalue weighted by Crippen LogP contribution is 2.37. The molecule has 2 aromatic carbocycles. The van der Waals surface area contributed by atoms with E-state index in [0.717, 1.165) is 4.31 Å². The zero-order chi connectivity index (χ0) is 24.3. The molecule has 3 amide bonds. The lowest BCUT2D eigenvalue weighted by molar-refractivity contribution is 0.0967. The van der Waals surface area contributed by atoms with Gasteiger partial charge in [-0.25, -0.2) is 27.5 Å². The van der Waals surface area contributed by atoms with Crippen LogP contribution in [0.1, 0.15) is 21.7 Å². The summed E-state index contributed by atoms with van der Waals surface area (Å²) >= 11 is 12.5. The van der Waals surface area contributed by atoms with Crippen molar-refractivity contribution in [3.63, 3.8) is 0 Å². The number of sulfonamides is 1. The Balaban J connectivity index is 1.83. The monoisotopic (exact) mass is 507 g/mol. The number of halogens is 2. The van der Waals surface area contributed by atoms with E-state index < -0.39 is 22.0 Å². The highest BCUT2D eigenvalue weighted by molar-refractivity contribution is 7.92. The number of benzene rings is 2. The summed E-state index contributed by atoms with van der Waals surface area (Å²) in [5, 5.41) is 4.02. The number of hydrogen-bond donors (Lipinski definition) is 2. The predicted molar refractivity (Wildman–Crippen MR) is 126 cm³/mol. The van der Waals surface area contributed by atoms with Gasteiger partial charge in [-0.15, -0.1) is 0 Å². The second-order valence-electron chi connectivity index (χ2n) is 6.94. The summed E-state index contributed by atoms with van der Waals surface area (Å²) < 4.78 is 27.1. The van der Waals surface area contributed by atoms with Gasteiger partial charge in [0.1, 0.15) is 4.90 Å². The molecular weight excluding hydrogens is 489 g/mol. The number of carbonyl (C=O) groups excluding carboxylic acids is 2. The number of aromatic nitrogens is 2. The molecule has 0 saturated carbocycles. The molecule has 0 atom stereocenters. The summed E-state index contributed by atoms with van der Waals surface area (Å²) in [7, 11) is -2.88. The molecule has 0 unspecified atom stereocenters. The van der Waals surface area contributed by atoms with Crippen LogP contribution in [0.15, 0.2) is 53.4 Å². The molecule has 3 rings (SSSR count). The molecule has 12 heteroatoms. The van der Waals surface area contributed by atoms with Crippen molar-refractivity contribution in [3.8, 4) is 0 Å². The fourth-order valence-corrected chi connectivity index (χ4v) is 4.73. The number of urea groups is 1. The summed E-state index contributed by atoms with van der Waals surface area (Å²) in [5.74, 6) is -0.648. The molecule has 3 aromatic rings. The molecule has 1 heterocycles. The van der Waals surface area contributed by atoms with Crippen LogP contribution in [0, 0.1) is 13.8 Å². The smallest absolute Gasteiger partial charge is 0.306 e. The SMILES string of the molecule is Cc1cc(C)nc(N(C)S(=O)(=O)c2ccc(NC(=O)NC(=O)c3ccccc3)c(Cl)c2Cl)n1. The minimum atomic E-state index is -4.17. The number of imide groups is 1. The first-order valence-electron chi connectivity index (χ1n) is 9.47. The molecule has 172 valence electrons. The number of hydrogen-bond acceptors (Lipinski definition) is 6. The van der Waals surface area contributed by atoms with E-state index in [-0.39, 0.29) is 32.1 Å². The lowest BCUT2D eigenvalue weighted by atomic mass is 10.2. The van der Waals surface area contributed by atoms with Crippen molar-refractivity contribution in [2.45, 2.75) is 18.7 Å². The highest BCUT2D eigenvalue weighted by Gasteiger charge is 2.28. The van der Waals surface area contributed by atoms with Gasteiger partial charge < -0.3 is 5.32 Å². The summed E-state index contributed by atoms with van der Waals surface area (Å²) in [6.45, 7) is 3.44. The van der Waals surface area contributed by atoms with Crippen molar-refractivity contribution >= 4 is 56.8 Å². The van der Waals surface area contributed by atoms with Crippen molar-refractivity contribution in [1.82, 2.24) is 15.3 Å². The van der Waals surface area contributed by atoms with E-state index in [9.17, 15) is 18.0 Å². The van der Waals surface area contributed by atoms with Crippen LogP contribution in [-0.4, -0.2) is 37.4 Å². The van der Waals surface area contributed by atoms with Crippen molar-refractivity contribution in [3.05, 3.63) is 75.5 Å². The van der Waals surface area contributed by atoms with Gasteiger partial charge in [0, 0.05) is 24.0 Å². The summed E-state index contributed by atoms with van der Waals surface area (Å²) in [6.07, 6.45) is 0. The Kier molecular flexibility index (Phi) is 7.21. The van der Waals surface area contributed by atoms with Gasteiger partial charge in [0.05, 0.1) is 15.7 Å². The third-order valence-corrected chi connectivity index (χ3v) is 7.22. The minimum Gasteiger partial charge on any atom is -0.306 e. The van der Waals surface area contributed by atoms with Crippen LogP contribution < -0.4 is 14.9 Å². The molecule has 0 spiro atoms. The van der Waals surface area contributed by atoms with Gasteiger partial charge in [0.2, 0.25) is 5.95 Å². The maximum absolute atomic E-state index is 13.1. The predicted octanol–water partition coefficient (Wildman–Crippen LogP) is 4.19. The standard InChI is InChI=1S/C21H19Cl2N5O4S/c1-12-11-13(2)25-20(24-12)28(3)33(31,32)16-10-9-15(17(22)18(16)23)26-21(30)27-19(29)14-7-5-4-6-8-14/h4-11H,1-3H3,(H2,26,27,29,30). The quantitative estimate of drug-likeness (QED) is 0.533. The Labute approximate surface area is 200 Å². The molecule has 0 fully saturated rings. The van der Waals surface area contributed by atoms with Crippen LogP contribution >= 0.6 is 23.2 Å². The second kappa shape index (κ2) is 9.74. The highest BCUT2D eigenvalue weighted by atomic mass is 35.5. The second-order valence-corrected chi connectivity index (χ2v) is 9.63. The van der Waals surface area contributed by atoms with Gasteiger partial charge in [-0.2, -0.15) is 0 Å². The number of amides is 3. The molecule has 0 saturated heterocycles. The molecule has 9 nitrogen and oxygen atoms in total. The number of aryl methyl sites for hydroxylation is 2. The van der Waals surface area contributed by atoms with Gasteiger partial charge in [-0.05, 0) is 44.2 Å². The summed E-state index contributed by atoms with van der Waals surface area (Å²) in [6, 6.07) is 11.4. The van der Waals surface area contributed by atoms with E-state index in [1.807, 2.05) is 0 Å². The van der Waals surface area contributed by atoms with E-state index in [0.29, 0.717) is 11.4 Å². The first-order chi connectivity index (χ1) is 15.5. The largest absolute Gasteiger partial charge is 0.326 e. The molecule has 0 aliphatic carbocycles. The molecule has 1 aromatic heterocycles. The van der Waals surface area contributed by atoms with Gasteiger partial charge in [-0.1, -0.05) is 41.4 Å². The van der Waals surface area contributed by atoms with Gasteiger partial charge in [-0.3, -0.25) is 10.1 Å². The van der Waals surface area contributed by atoms with Crippen LogP contribution in [0.3, 0.4) is 0 Å². The Morgan fingerprint density at radius 3 is 2.15 bits per heavy atom. The third-order valence-electron chi connectivity index (χ3n) is 4.45. The Morgan fingerprint density at radius 2 is 1.55 bits per heavy atom. The van der Waals surface area contributed by atoms with Crippen LogP contribution in [0.4, 0.5) is 16.4 Å². The van der Waals surface area contributed by atoms with Crippen LogP contribution in [-0.2, 0) is 10.0 Å². The van der Waals surface area contributed by atoms with E-state index >= 15 is 0 Å². The Morgan fingerprint density at radius 1 is 0.939 bits per heavy atom. The molecule has 0 aliphatic rings. The molecule has 2 N–H and O–H groups in total. The lowest BCUT2D eigenvalue weighted by Gasteiger charge is -2.20. The summed E-state index contributed by atoms with van der Waals surface area (Å²) in [4.78, 5) is 32.3. The van der Waals surface area contributed by atoms with Gasteiger partial charge in [0.25, 0.3) is 15.9 Å².